The lowest BCUT2D eigenvalue weighted by atomic mass is 9.95. The predicted octanol–water partition coefficient (Wildman–Crippen LogP) is 1.22. The molecule has 3 rings (SSSR count). The summed E-state index contributed by atoms with van der Waals surface area (Å²) in [5.41, 5.74) is 10.4. The third-order valence-electron chi connectivity index (χ3n) is 4.25. The van der Waals surface area contributed by atoms with E-state index in [0.29, 0.717) is 12.4 Å². The monoisotopic (exact) mass is 337 g/mol. The number of pyridine rings is 1. The topological polar surface area (TPSA) is 103 Å². The minimum atomic E-state index is -3.10. The first-order chi connectivity index (χ1) is 11.0. The van der Waals surface area contributed by atoms with Gasteiger partial charge in [-0.25, -0.2) is 23.1 Å². The van der Waals surface area contributed by atoms with Gasteiger partial charge in [0.05, 0.1) is 18.1 Å². The molecule has 23 heavy (non-hydrogen) atoms. The van der Waals surface area contributed by atoms with Crippen LogP contribution in [0.4, 0.5) is 5.82 Å². The van der Waals surface area contributed by atoms with E-state index in [4.69, 9.17) is 5.73 Å². The minimum Gasteiger partial charge on any atom is -0.382 e. The summed E-state index contributed by atoms with van der Waals surface area (Å²) in [6, 6.07) is 0. The number of hydrogen-bond acceptors (Lipinski definition) is 5. The van der Waals surface area contributed by atoms with Gasteiger partial charge in [0.15, 0.2) is 5.82 Å². The highest BCUT2D eigenvalue weighted by molar-refractivity contribution is 7.88. The number of imidazole rings is 1. The van der Waals surface area contributed by atoms with Crippen LogP contribution in [0.25, 0.3) is 11.0 Å². The molecule has 0 saturated heterocycles. The van der Waals surface area contributed by atoms with Gasteiger partial charge >= 0.3 is 0 Å². The van der Waals surface area contributed by atoms with Crippen LogP contribution in [-0.4, -0.2) is 35.8 Å². The molecule has 2 aromatic heterocycles. The fraction of sp³-hybridized carbons (Fsp3) is 0.600. The minimum absolute atomic E-state index is 0.466. The van der Waals surface area contributed by atoms with Gasteiger partial charge in [-0.2, -0.15) is 0 Å². The van der Waals surface area contributed by atoms with Crippen molar-refractivity contribution in [2.45, 2.75) is 45.1 Å². The van der Waals surface area contributed by atoms with Crippen molar-refractivity contribution < 1.29 is 8.42 Å². The molecule has 1 aliphatic carbocycles. The molecular weight excluding hydrogens is 314 g/mol. The van der Waals surface area contributed by atoms with Gasteiger partial charge < -0.3 is 10.3 Å². The molecule has 0 fully saturated rings. The maximum absolute atomic E-state index is 11.0. The number of aromatic nitrogens is 3. The van der Waals surface area contributed by atoms with Crippen molar-refractivity contribution in [1.29, 1.82) is 0 Å². The van der Waals surface area contributed by atoms with E-state index in [-0.39, 0.29) is 0 Å². The number of nitrogens with two attached hydrogens (primary N) is 1. The van der Waals surface area contributed by atoms with Crippen LogP contribution in [-0.2, 0) is 29.4 Å². The summed E-state index contributed by atoms with van der Waals surface area (Å²) in [5.74, 6) is 0.512. The Balaban J connectivity index is 1.75. The molecule has 7 nitrogen and oxygen atoms in total. The van der Waals surface area contributed by atoms with E-state index >= 15 is 0 Å². The number of nitrogens with zero attached hydrogens (tertiary/aromatic N) is 3. The Hall–Kier alpha value is -1.67. The third-order valence-corrected chi connectivity index (χ3v) is 4.98. The van der Waals surface area contributed by atoms with Crippen LogP contribution in [0.2, 0.25) is 0 Å². The summed E-state index contributed by atoms with van der Waals surface area (Å²) in [5, 5.41) is 0. The van der Waals surface area contributed by atoms with Crippen LogP contribution >= 0.6 is 0 Å². The van der Waals surface area contributed by atoms with Crippen molar-refractivity contribution in [3.63, 3.8) is 0 Å². The second-order valence-electron chi connectivity index (χ2n) is 6.14. The second kappa shape index (κ2) is 6.45. The van der Waals surface area contributed by atoms with Gasteiger partial charge in [-0.1, -0.05) is 0 Å². The van der Waals surface area contributed by atoms with Crippen molar-refractivity contribution in [2.75, 3.05) is 18.5 Å². The van der Waals surface area contributed by atoms with E-state index < -0.39 is 10.0 Å². The maximum Gasteiger partial charge on any atom is 0.208 e. The zero-order valence-corrected chi connectivity index (χ0v) is 14.2. The molecule has 3 N–H and O–H groups in total. The molecule has 0 aromatic carbocycles. The summed E-state index contributed by atoms with van der Waals surface area (Å²) in [4.78, 5) is 8.95. The van der Waals surface area contributed by atoms with Crippen molar-refractivity contribution in [3.8, 4) is 0 Å². The first-order valence-electron chi connectivity index (χ1n) is 8.02. The Morgan fingerprint density at radius 3 is 2.87 bits per heavy atom. The zero-order valence-electron chi connectivity index (χ0n) is 13.4. The van der Waals surface area contributed by atoms with Gasteiger partial charge in [0.1, 0.15) is 5.52 Å². The first kappa shape index (κ1) is 16.2. The van der Waals surface area contributed by atoms with E-state index in [0.717, 1.165) is 55.4 Å². The van der Waals surface area contributed by atoms with Gasteiger partial charge in [0, 0.05) is 18.8 Å². The lowest BCUT2D eigenvalue weighted by Crippen LogP contribution is -2.23. The lowest BCUT2D eigenvalue weighted by Gasteiger charge is -2.17. The number of sulfonamides is 1. The molecule has 8 heteroatoms. The normalized spacial score (nSPS) is 15.0. The number of rotatable bonds is 6. The Bertz CT molecular complexity index is 813. The first-order valence-corrected chi connectivity index (χ1v) is 9.91. The van der Waals surface area contributed by atoms with Gasteiger partial charge in [0.2, 0.25) is 10.0 Å². The quantitative estimate of drug-likeness (QED) is 0.772. The van der Waals surface area contributed by atoms with Crippen LogP contribution in [0.5, 0.6) is 0 Å². The molecule has 0 unspecified atom stereocenters. The molecule has 1 aliphatic rings. The number of unbranched alkanes of at least 4 members (excludes halogenated alkanes) is 1. The van der Waals surface area contributed by atoms with Crippen LogP contribution in [0.3, 0.4) is 0 Å². The number of nitrogen functional groups attached to an aromatic ring is 1. The van der Waals surface area contributed by atoms with Crippen LogP contribution in [0.15, 0.2) is 6.33 Å². The molecule has 0 spiro atoms. The molecule has 2 heterocycles. The average Bonchev–Trinajstić information content (AvgIpc) is 2.91. The van der Waals surface area contributed by atoms with Gasteiger partial charge in [0.25, 0.3) is 0 Å². The Labute approximate surface area is 136 Å². The van der Waals surface area contributed by atoms with E-state index in [1.165, 1.54) is 18.2 Å². The van der Waals surface area contributed by atoms with Gasteiger partial charge in [-0.15, -0.1) is 0 Å². The molecule has 0 radical (unpaired) electrons. The van der Waals surface area contributed by atoms with Crippen LogP contribution in [0, 0.1) is 0 Å². The summed E-state index contributed by atoms with van der Waals surface area (Å²) < 4.78 is 26.7. The molecule has 0 amide bonds. The number of fused-ring (bicyclic) bond motifs is 3. The highest BCUT2D eigenvalue weighted by atomic mass is 32.2. The van der Waals surface area contributed by atoms with Crippen molar-refractivity contribution >= 4 is 26.9 Å². The molecule has 0 bridgehead atoms. The summed E-state index contributed by atoms with van der Waals surface area (Å²) in [6.45, 7) is 1.27. The Morgan fingerprint density at radius 1 is 1.30 bits per heavy atom. The van der Waals surface area contributed by atoms with E-state index in [2.05, 4.69) is 19.3 Å². The Kier molecular flexibility index (Phi) is 4.54. The molecular formula is C15H23N5O2S. The zero-order chi connectivity index (χ0) is 16.4. The summed E-state index contributed by atoms with van der Waals surface area (Å²) in [6.07, 6.45) is 9.02. The molecule has 0 saturated carbocycles. The highest BCUT2D eigenvalue weighted by Gasteiger charge is 2.19. The summed E-state index contributed by atoms with van der Waals surface area (Å²) >= 11 is 0. The second-order valence-corrected chi connectivity index (χ2v) is 7.97. The smallest absolute Gasteiger partial charge is 0.208 e. The molecule has 2 aromatic rings. The lowest BCUT2D eigenvalue weighted by molar-refractivity contribution is 0.572. The number of nitrogens with one attached hydrogen (secondary N) is 1. The molecule has 0 atom stereocenters. The maximum atomic E-state index is 11.0. The van der Waals surface area contributed by atoms with E-state index in [1.807, 2.05) is 6.33 Å². The van der Waals surface area contributed by atoms with Crippen molar-refractivity contribution in [1.82, 2.24) is 19.3 Å². The van der Waals surface area contributed by atoms with Gasteiger partial charge in [-0.3, -0.25) is 0 Å². The average molecular weight is 337 g/mol. The van der Waals surface area contributed by atoms with Crippen molar-refractivity contribution in [2.24, 2.45) is 0 Å². The number of aryl methyl sites for hydroxylation is 3. The fourth-order valence-electron chi connectivity index (χ4n) is 3.19. The standard InChI is InChI=1S/C15H23N5O2S/c1-23(21,22)18-8-4-5-9-20-10-17-13-14(20)11-6-2-3-7-12(11)19-15(13)16/h10,18H,2-9H2,1H3,(H2,16,19). The summed E-state index contributed by atoms with van der Waals surface area (Å²) in [7, 11) is -3.10. The largest absolute Gasteiger partial charge is 0.382 e. The number of anilines is 1. The predicted molar refractivity (Wildman–Crippen MR) is 90.7 cm³/mol. The van der Waals surface area contributed by atoms with Crippen molar-refractivity contribution in [3.05, 3.63) is 17.6 Å². The third kappa shape index (κ3) is 3.64. The van der Waals surface area contributed by atoms with Crippen LogP contribution < -0.4 is 10.5 Å². The Morgan fingerprint density at radius 2 is 2.09 bits per heavy atom. The van der Waals surface area contributed by atoms with E-state index in [9.17, 15) is 8.42 Å². The molecule has 126 valence electrons. The highest BCUT2D eigenvalue weighted by Crippen LogP contribution is 2.30. The SMILES string of the molecule is CS(=O)(=O)NCCCCn1cnc2c(N)nc3c(c21)CCCC3. The fourth-order valence-corrected chi connectivity index (χ4v) is 3.70. The molecule has 0 aliphatic heterocycles. The number of hydrogen-bond donors (Lipinski definition) is 2. The van der Waals surface area contributed by atoms with E-state index in [1.54, 1.807) is 0 Å². The van der Waals surface area contributed by atoms with Gasteiger partial charge in [-0.05, 0) is 44.1 Å². The van der Waals surface area contributed by atoms with Crippen LogP contribution in [0.1, 0.15) is 36.9 Å².